The minimum Gasteiger partial charge on any atom is -0.481 e. The number of aromatic nitrogens is 2. The Balaban J connectivity index is 0.00000165. The fourth-order valence-corrected chi connectivity index (χ4v) is 13.3. The maximum atomic E-state index is 14.4. The van der Waals surface area contributed by atoms with E-state index in [9.17, 15) is 24.3 Å². The molecule has 3 aromatic carbocycles. The molecule has 1 saturated heterocycles. The Hall–Kier alpha value is -5.29. The molecule has 4 heterocycles. The van der Waals surface area contributed by atoms with Crippen molar-refractivity contribution in [1.82, 2.24) is 14.0 Å². The number of carbonyl (C=O) groups excluding carboxylic acids is 1. The lowest BCUT2D eigenvalue weighted by Gasteiger charge is -2.27. The Morgan fingerprint density at radius 3 is 2.21 bits per heavy atom. The Kier molecular flexibility index (Phi) is 17.0. The number of carboxylic acids is 2. The molecule has 68 heavy (non-hydrogen) atoms. The summed E-state index contributed by atoms with van der Waals surface area (Å²) in [4.78, 5) is 66.7. The summed E-state index contributed by atoms with van der Waals surface area (Å²) in [6.45, 7) is 9.41. The minimum absolute atomic E-state index is 0.0397. The number of benzene rings is 3. The van der Waals surface area contributed by atoms with Gasteiger partial charge < -0.3 is 24.4 Å². The van der Waals surface area contributed by atoms with Crippen molar-refractivity contribution in [1.29, 1.82) is 0 Å². The molecule has 2 fully saturated rings. The van der Waals surface area contributed by atoms with Crippen molar-refractivity contribution in [2.75, 3.05) is 11.4 Å². The van der Waals surface area contributed by atoms with E-state index >= 15 is 0 Å². The zero-order valence-corrected chi connectivity index (χ0v) is 42.5. The van der Waals surface area contributed by atoms with Crippen LogP contribution in [0.5, 0.6) is 5.75 Å². The number of ether oxygens (including phenoxy) is 1. The highest BCUT2D eigenvalue weighted by molar-refractivity contribution is 8.30. The number of amides is 1. The number of fused-ring (bicyclic) bond motifs is 4. The Morgan fingerprint density at radius 2 is 1.51 bits per heavy atom. The van der Waals surface area contributed by atoms with Crippen molar-refractivity contribution in [3.63, 3.8) is 0 Å². The largest absolute Gasteiger partial charge is 0.481 e. The molecule has 0 bridgehead atoms. The molecule has 8 rings (SSSR count). The molecule has 2 atom stereocenters. The average molecular weight is 997 g/mol. The van der Waals surface area contributed by atoms with Crippen molar-refractivity contribution < 1.29 is 29.3 Å². The number of nitrogens with zero attached hydrogens (tertiary/aromatic N) is 4. The second-order valence-corrected chi connectivity index (χ2v) is 21.4. The standard InChI is InChI=1S/C50H56N4O6S4.C2H4O2/c1-5-6-7-8-9-10-11-12-13-14-25-52-46(58)43(63-49(52)44-47(59)53(50(61)64-44)26-24-42(55)56)48-51(4)45(57)41(62-48)28-32-18-23-40-38(27-32)37-16-15-17-39(37)54(40)35-21-19-34-30-36(60-31(2)3)22-20-33(34)29-35;1-2(3)4/h18-23,27-30,37,39H,2,5-17,24-26H2,1,3-4H3,(H,55,56);1H3,(H,3,4)/b41-28-,48-43+,49-44+;. The number of aliphatic carboxylic acids is 2. The van der Waals surface area contributed by atoms with Crippen molar-refractivity contribution in [3.8, 4) is 5.75 Å². The Morgan fingerprint density at radius 1 is 0.838 bits per heavy atom. The number of carbonyl (C=O) groups is 3. The number of anilines is 2. The van der Waals surface area contributed by atoms with Crippen molar-refractivity contribution in [2.45, 2.75) is 129 Å². The summed E-state index contributed by atoms with van der Waals surface area (Å²) < 4.78 is 11.2. The number of hydrogen-bond donors (Lipinski definition) is 2. The summed E-state index contributed by atoms with van der Waals surface area (Å²) in [5, 5.41) is 19.0. The predicted molar refractivity (Wildman–Crippen MR) is 280 cm³/mol. The molecule has 0 spiro atoms. The molecular formula is C52H60N4O8S4. The molecule has 12 nitrogen and oxygen atoms in total. The van der Waals surface area contributed by atoms with Crippen LogP contribution >= 0.6 is 46.7 Å². The first-order chi connectivity index (χ1) is 32.7. The van der Waals surface area contributed by atoms with Gasteiger partial charge in [0.1, 0.15) is 28.8 Å². The molecule has 360 valence electrons. The van der Waals surface area contributed by atoms with Gasteiger partial charge in [0.25, 0.3) is 23.0 Å². The van der Waals surface area contributed by atoms with E-state index in [0.29, 0.717) is 47.6 Å². The maximum Gasteiger partial charge on any atom is 0.305 e. The number of thiocarbonyl (C=S) groups is 1. The number of thiazole rings is 2. The van der Waals surface area contributed by atoms with Crippen LogP contribution in [-0.2, 0) is 28.0 Å². The van der Waals surface area contributed by atoms with Gasteiger partial charge in [-0.05, 0) is 90.6 Å². The van der Waals surface area contributed by atoms with Gasteiger partial charge >= 0.3 is 5.97 Å². The second kappa shape index (κ2) is 22.9. The molecule has 3 aliphatic rings. The summed E-state index contributed by atoms with van der Waals surface area (Å²) in [5.74, 6) is -0.440. The number of allylic oxidation sites excluding steroid dienone is 1. The van der Waals surface area contributed by atoms with E-state index in [0.717, 1.165) is 91.4 Å². The van der Waals surface area contributed by atoms with E-state index in [1.54, 1.807) is 16.2 Å². The summed E-state index contributed by atoms with van der Waals surface area (Å²) >= 11 is 9.15. The zero-order chi connectivity index (χ0) is 48.6. The van der Waals surface area contributed by atoms with Gasteiger partial charge in [0.05, 0.1) is 16.7 Å². The third-order valence-corrected chi connectivity index (χ3v) is 16.7. The fourth-order valence-electron chi connectivity index (χ4n) is 9.44. The number of carboxylic acid groups (broad SMARTS) is 2. The van der Waals surface area contributed by atoms with Crippen LogP contribution in [0.1, 0.15) is 128 Å². The lowest BCUT2D eigenvalue weighted by molar-refractivity contribution is -0.137. The molecule has 2 aromatic heterocycles. The van der Waals surface area contributed by atoms with E-state index in [-0.39, 0.29) is 28.4 Å². The van der Waals surface area contributed by atoms with E-state index in [2.05, 4.69) is 60.9 Å². The first-order valence-electron chi connectivity index (χ1n) is 23.6. The Bertz CT molecular complexity index is 3090. The molecule has 1 aliphatic carbocycles. The molecule has 0 radical (unpaired) electrons. The summed E-state index contributed by atoms with van der Waals surface area (Å²) in [6, 6.07) is 19.6. The van der Waals surface area contributed by atoms with Crippen LogP contribution in [0, 0.1) is 9.20 Å². The van der Waals surface area contributed by atoms with Crippen LogP contribution in [0.4, 0.5) is 11.4 Å². The molecule has 5 aromatic rings. The van der Waals surface area contributed by atoms with E-state index in [1.807, 2.05) is 25.1 Å². The quantitative estimate of drug-likeness (QED) is 0.0490. The van der Waals surface area contributed by atoms with Gasteiger partial charge in [0.15, 0.2) is 0 Å². The highest BCUT2D eigenvalue weighted by Gasteiger charge is 2.42. The number of hydrogen-bond acceptors (Lipinski definition) is 11. The van der Waals surface area contributed by atoms with Crippen LogP contribution in [0.15, 0.2) is 76.5 Å². The van der Waals surface area contributed by atoms with Crippen LogP contribution in [0.25, 0.3) is 21.8 Å². The number of thioether (sulfide) groups is 1. The average Bonchev–Trinajstić information content (AvgIpc) is 4.09. The molecule has 2 unspecified atom stereocenters. The van der Waals surface area contributed by atoms with Gasteiger partial charge in [-0.25, -0.2) is 0 Å². The smallest absolute Gasteiger partial charge is 0.305 e. The predicted octanol–water partition coefficient (Wildman–Crippen LogP) is 10.1. The van der Waals surface area contributed by atoms with Crippen LogP contribution in [0.3, 0.4) is 0 Å². The summed E-state index contributed by atoms with van der Waals surface area (Å²) in [7, 11) is 1.70. The Labute approximate surface area is 413 Å². The topological polar surface area (TPSA) is 151 Å². The number of unbranched alkanes of at least 4 members (excludes halogenated alkanes) is 9. The monoisotopic (exact) mass is 996 g/mol. The highest BCUT2D eigenvalue weighted by Crippen LogP contribution is 2.52. The lowest BCUT2D eigenvalue weighted by atomic mass is 9.96. The van der Waals surface area contributed by atoms with Gasteiger partial charge in [0, 0.05) is 50.4 Å². The van der Waals surface area contributed by atoms with Crippen molar-refractivity contribution in [3.05, 3.63) is 117 Å². The van der Waals surface area contributed by atoms with Crippen molar-refractivity contribution >= 4 is 102 Å². The molecule has 2 N–H and O–H groups in total. The minimum atomic E-state index is -1.02. The van der Waals surface area contributed by atoms with E-state index in [4.69, 9.17) is 26.9 Å². The highest BCUT2D eigenvalue weighted by atomic mass is 32.2. The van der Waals surface area contributed by atoms with E-state index < -0.39 is 17.8 Å². The molecule has 2 aliphatic heterocycles. The van der Waals surface area contributed by atoms with Crippen molar-refractivity contribution in [2.24, 2.45) is 7.05 Å². The zero-order valence-electron chi connectivity index (χ0n) is 39.2. The third-order valence-electron chi connectivity index (χ3n) is 12.6. The maximum absolute atomic E-state index is 14.4. The third kappa shape index (κ3) is 11.6. The van der Waals surface area contributed by atoms with Crippen LogP contribution < -0.4 is 30.0 Å². The van der Waals surface area contributed by atoms with Gasteiger partial charge in [-0.3, -0.25) is 33.4 Å². The molecular weight excluding hydrogens is 937 g/mol. The molecule has 1 amide bonds. The van der Waals surface area contributed by atoms with E-state index in [1.165, 1.54) is 77.3 Å². The second-order valence-electron chi connectivity index (χ2n) is 17.8. The number of rotatable bonds is 18. The van der Waals surface area contributed by atoms with Gasteiger partial charge in [-0.2, -0.15) is 0 Å². The van der Waals surface area contributed by atoms with Gasteiger partial charge in [-0.15, -0.1) is 22.7 Å². The fraction of sp³-hybridized carbons (Fsp3) is 0.423. The normalized spacial score (nSPS) is 18.0. The lowest BCUT2D eigenvalue weighted by Crippen LogP contribution is -2.33. The SMILES string of the molecule is C=C(C)Oc1ccc2cc(N3c4ccc(/C=c5\s/c(=c6/s/c(=C7/SC(=S)N(CCC(=O)O)C7=O)n(CCCCCCCCCCCC)c6=O)n(C)c5=O)cc4C4CCCC43)ccc2c1.CC(=O)O. The molecule has 1 saturated carbocycles. The first kappa shape index (κ1) is 50.6. The van der Waals surface area contributed by atoms with Gasteiger partial charge in [-0.1, -0.05) is 120 Å². The van der Waals surface area contributed by atoms with Crippen LogP contribution in [0.2, 0.25) is 0 Å². The summed E-state index contributed by atoms with van der Waals surface area (Å²) in [6.07, 6.45) is 16.6. The summed E-state index contributed by atoms with van der Waals surface area (Å²) in [5.41, 5.74) is 4.15. The van der Waals surface area contributed by atoms with Gasteiger partial charge in [0.2, 0.25) is 0 Å². The van der Waals surface area contributed by atoms with Crippen LogP contribution in [-0.4, -0.2) is 59.0 Å². The molecule has 16 heteroatoms. The first-order valence-corrected chi connectivity index (χ1v) is 26.4.